The van der Waals surface area contributed by atoms with Crippen molar-refractivity contribution in [3.8, 4) is 5.75 Å². The highest BCUT2D eigenvalue weighted by Gasteiger charge is 2.16. The normalized spacial score (nSPS) is 21.8. The molecule has 2 rings (SSSR count). The maximum absolute atomic E-state index is 5.05. The van der Waals surface area contributed by atoms with E-state index in [1.807, 2.05) is 12.1 Å². The molecule has 0 amide bonds. The molecule has 3 nitrogen and oxygen atoms in total. The Labute approximate surface area is 78.1 Å². The summed E-state index contributed by atoms with van der Waals surface area (Å²) in [6.07, 6.45) is 4.22. The minimum absolute atomic E-state index is 0.450. The van der Waals surface area contributed by atoms with Crippen LogP contribution < -0.4 is 10.1 Å². The molecular weight excluding hydrogens is 164 g/mol. The molecule has 0 radical (unpaired) electrons. The maximum atomic E-state index is 5.05. The molecule has 1 aromatic heterocycles. The molecule has 1 atom stereocenters. The molecule has 1 aromatic rings. The van der Waals surface area contributed by atoms with Crippen LogP contribution in [0, 0.1) is 0 Å². The van der Waals surface area contributed by atoms with Gasteiger partial charge in [0.05, 0.1) is 19.0 Å². The van der Waals surface area contributed by atoms with E-state index in [9.17, 15) is 0 Å². The first-order valence-electron chi connectivity index (χ1n) is 4.63. The third-order valence-electron chi connectivity index (χ3n) is 2.41. The Hall–Kier alpha value is -1.09. The molecule has 0 aliphatic carbocycles. The van der Waals surface area contributed by atoms with Crippen LogP contribution >= 0.6 is 0 Å². The van der Waals surface area contributed by atoms with Crippen LogP contribution in [0.2, 0.25) is 0 Å². The number of methoxy groups -OCH3 is 1. The Kier molecular flexibility index (Phi) is 2.45. The van der Waals surface area contributed by atoms with Crippen LogP contribution in [0.1, 0.15) is 24.6 Å². The van der Waals surface area contributed by atoms with Crippen molar-refractivity contribution in [1.29, 1.82) is 0 Å². The van der Waals surface area contributed by atoms with Gasteiger partial charge in [-0.15, -0.1) is 0 Å². The zero-order valence-corrected chi connectivity index (χ0v) is 7.79. The van der Waals surface area contributed by atoms with Crippen molar-refractivity contribution in [3.05, 3.63) is 24.0 Å². The van der Waals surface area contributed by atoms with E-state index in [4.69, 9.17) is 4.74 Å². The highest BCUT2D eigenvalue weighted by molar-refractivity contribution is 5.21. The fraction of sp³-hybridized carbons (Fsp3) is 0.500. The molecule has 1 fully saturated rings. The molecule has 0 aromatic carbocycles. The van der Waals surface area contributed by atoms with Crippen LogP contribution in [0.25, 0.3) is 0 Å². The number of rotatable bonds is 2. The van der Waals surface area contributed by atoms with Gasteiger partial charge in [-0.05, 0) is 31.5 Å². The number of aromatic nitrogens is 1. The molecule has 3 heteroatoms. The monoisotopic (exact) mass is 178 g/mol. The molecule has 1 unspecified atom stereocenters. The molecule has 1 aliphatic rings. The van der Waals surface area contributed by atoms with Gasteiger partial charge >= 0.3 is 0 Å². The molecule has 70 valence electrons. The summed E-state index contributed by atoms with van der Waals surface area (Å²) in [7, 11) is 1.66. The highest BCUT2D eigenvalue weighted by Crippen LogP contribution is 2.22. The summed E-state index contributed by atoms with van der Waals surface area (Å²) in [6, 6.07) is 4.44. The van der Waals surface area contributed by atoms with E-state index >= 15 is 0 Å². The number of ether oxygens (including phenoxy) is 1. The van der Waals surface area contributed by atoms with Crippen molar-refractivity contribution in [2.45, 2.75) is 18.9 Å². The number of hydrogen-bond donors (Lipinski definition) is 1. The van der Waals surface area contributed by atoms with Crippen molar-refractivity contribution < 1.29 is 4.74 Å². The Bertz CT molecular complexity index is 265. The Morgan fingerprint density at radius 1 is 1.54 bits per heavy atom. The fourth-order valence-electron chi connectivity index (χ4n) is 1.66. The Morgan fingerprint density at radius 3 is 3.00 bits per heavy atom. The van der Waals surface area contributed by atoms with Crippen molar-refractivity contribution in [2.75, 3.05) is 13.7 Å². The number of pyridine rings is 1. The fourth-order valence-corrected chi connectivity index (χ4v) is 1.66. The Morgan fingerprint density at radius 2 is 2.46 bits per heavy atom. The van der Waals surface area contributed by atoms with Gasteiger partial charge < -0.3 is 10.1 Å². The van der Waals surface area contributed by atoms with Gasteiger partial charge in [-0.3, -0.25) is 4.98 Å². The summed E-state index contributed by atoms with van der Waals surface area (Å²) in [5, 5.41) is 3.41. The Balaban J connectivity index is 2.12. The van der Waals surface area contributed by atoms with E-state index in [2.05, 4.69) is 10.3 Å². The zero-order chi connectivity index (χ0) is 9.10. The summed E-state index contributed by atoms with van der Waals surface area (Å²) >= 11 is 0. The van der Waals surface area contributed by atoms with Gasteiger partial charge in [0.15, 0.2) is 0 Å². The predicted octanol–water partition coefficient (Wildman–Crippen LogP) is 1.51. The van der Waals surface area contributed by atoms with Crippen LogP contribution in [0.5, 0.6) is 5.75 Å². The first-order chi connectivity index (χ1) is 6.40. The van der Waals surface area contributed by atoms with Gasteiger partial charge in [-0.25, -0.2) is 0 Å². The molecule has 1 N–H and O–H groups in total. The van der Waals surface area contributed by atoms with Crippen molar-refractivity contribution in [2.24, 2.45) is 0 Å². The van der Waals surface area contributed by atoms with Gasteiger partial charge in [0.25, 0.3) is 0 Å². The second-order valence-electron chi connectivity index (χ2n) is 3.27. The number of nitrogens with one attached hydrogen (secondary N) is 1. The minimum Gasteiger partial charge on any atom is -0.495 e. The standard InChI is InChI=1S/C10H14N2O/c1-13-8-4-5-10(12-7-8)9-3-2-6-11-9/h4-5,7,9,11H,2-3,6H2,1H3. The summed E-state index contributed by atoms with van der Waals surface area (Å²) in [5.41, 5.74) is 1.12. The summed E-state index contributed by atoms with van der Waals surface area (Å²) < 4.78 is 5.05. The van der Waals surface area contributed by atoms with Crippen molar-refractivity contribution >= 4 is 0 Å². The highest BCUT2D eigenvalue weighted by atomic mass is 16.5. The zero-order valence-electron chi connectivity index (χ0n) is 7.79. The smallest absolute Gasteiger partial charge is 0.137 e. The van der Waals surface area contributed by atoms with Gasteiger partial charge in [0.1, 0.15) is 5.75 Å². The molecule has 0 saturated carbocycles. The third-order valence-corrected chi connectivity index (χ3v) is 2.41. The van der Waals surface area contributed by atoms with Gasteiger partial charge in [0.2, 0.25) is 0 Å². The lowest BCUT2D eigenvalue weighted by atomic mass is 10.1. The van der Waals surface area contributed by atoms with Crippen LogP contribution in [0.15, 0.2) is 18.3 Å². The second kappa shape index (κ2) is 3.75. The average Bonchev–Trinajstić information content (AvgIpc) is 2.71. The van der Waals surface area contributed by atoms with E-state index < -0.39 is 0 Å². The molecule has 13 heavy (non-hydrogen) atoms. The summed E-state index contributed by atoms with van der Waals surface area (Å²) in [4.78, 5) is 4.34. The van der Waals surface area contributed by atoms with E-state index in [-0.39, 0.29) is 0 Å². The number of nitrogens with zero attached hydrogens (tertiary/aromatic N) is 1. The maximum Gasteiger partial charge on any atom is 0.137 e. The van der Waals surface area contributed by atoms with Crippen LogP contribution in [-0.4, -0.2) is 18.6 Å². The topological polar surface area (TPSA) is 34.1 Å². The van der Waals surface area contributed by atoms with Crippen LogP contribution in [0.4, 0.5) is 0 Å². The summed E-state index contributed by atoms with van der Waals surface area (Å²) in [6.45, 7) is 1.11. The first-order valence-corrected chi connectivity index (χ1v) is 4.63. The van der Waals surface area contributed by atoms with Crippen LogP contribution in [0.3, 0.4) is 0 Å². The molecule has 1 saturated heterocycles. The third kappa shape index (κ3) is 1.80. The minimum atomic E-state index is 0.450. The largest absolute Gasteiger partial charge is 0.495 e. The predicted molar refractivity (Wildman–Crippen MR) is 50.8 cm³/mol. The van der Waals surface area contributed by atoms with Gasteiger partial charge in [-0.2, -0.15) is 0 Å². The van der Waals surface area contributed by atoms with Gasteiger partial charge in [-0.1, -0.05) is 0 Å². The average molecular weight is 178 g/mol. The molecule has 0 bridgehead atoms. The van der Waals surface area contributed by atoms with Crippen molar-refractivity contribution in [3.63, 3.8) is 0 Å². The quantitative estimate of drug-likeness (QED) is 0.745. The lowest BCUT2D eigenvalue weighted by molar-refractivity contribution is 0.412. The van der Waals surface area contributed by atoms with E-state index in [0.29, 0.717) is 6.04 Å². The van der Waals surface area contributed by atoms with E-state index in [1.54, 1.807) is 13.3 Å². The molecule has 2 heterocycles. The lowest BCUT2D eigenvalue weighted by Crippen LogP contribution is -2.13. The van der Waals surface area contributed by atoms with E-state index in [1.165, 1.54) is 12.8 Å². The molecule has 1 aliphatic heterocycles. The second-order valence-corrected chi connectivity index (χ2v) is 3.27. The lowest BCUT2D eigenvalue weighted by Gasteiger charge is -2.09. The molecule has 0 spiro atoms. The molecular formula is C10H14N2O. The van der Waals surface area contributed by atoms with E-state index in [0.717, 1.165) is 18.0 Å². The summed E-state index contributed by atoms with van der Waals surface area (Å²) in [5.74, 6) is 0.821. The first kappa shape index (κ1) is 8.51. The van der Waals surface area contributed by atoms with Crippen LogP contribution in [-0.2, 0) is 0 Å². The number of hydrogen-bond acceptors (Lipinski definition) is 3. The SMILES string of the molecule is COc1ccc(C2CCCN2)nc1. The van der Waals surface area contributed by atoms with Crippen molar-refractivity contribution in [1.82, 2.24) is 10.3 Å². The van der Waals surface area contributed by atoms with Gasteiger partial charge in [0, 0.05) is 6.04 Å².